The van der Waals surface area contributed by atoms with E-state index in [-0.39, 0.29) is 11.8 Å². The number of morpholine rings is 1. The summed E-state index contributed by atoms with van der Waals surface area (Å²) < 4.78 is 11.5. The number of carbonyl (C=O) groups excluding carboxylic acids is 2. The third-order valence-electron chi connectivity index (χ3n) is 6.42. The molecule has 0 radical (unpaired) electrons. The molecular weight excluding hydrogens is 420 g/mol. The molecule has 1 atom stereocenters. The Morgan fingerprint density at radius 3 is 2.79 bits per heavy atom. The molecule has 0 saturated carbocycles. The van der Waals surface area contributed by atoms with Gasteiger partial charge in [0.25, 0.3) is 5.91 Å². The normalized spacial score (nSPS) is 21.2. The molecule has 1 unspecified atom stereocenters. The maximum Gasteiger partial charge on any atom is 0.255 e. The Labute approximate surface area is 193 Å². The van der Waals surface area contributed by atoms with Crippen LogP contribution in [0.3, 0.4) is 0 Å². The smallest absolute Gasteiger partial charge is 0.255 e. The SMILES string of the molecule is C=C1CCC(N2Cc3c(OCc4ccc(CN5CCOCC5)cn4)cccc3C2=O)C(=O)N1. The van der Waals surface area contributed by atoms with E-state index in [4.69, 9.17) is 9.47 Å². The van der Waals surface area contributed by atoms with Gasteiger partial charge in [-0.05, 0) is 36.6 Å². The molecule has 1 aromatic heterocycles. The van der Waals surface area contributed by atoms with Crippen LogP contribution in [0, 0.1) is 0 Å². The Morgan fingerprint density at radius 2 is 2.03 bits per heavy atom. The number of amides is 2. The van der Waals surface area contributed by atoms with E-state index in [0.29, 0.717) is 43.0 Å². The third kappa shape index (κ3) is 4.62. The van der Waals surface area contributed by atoms with Gasteiger partial charge in [0.1, 0.15) is 18.4 Å². The molecule has 1 N–H and O–H groups in total. The standard InChI is InChI=1S/C25H28N4O4/c1-17-5-8-22(24(30)27-17)29-15-21-20(25(29)31)3-2-4-23(21)33-16-19-7-6-18(13-26-19)14-28-9-11-32-12-10-28/h2-4,6-7,13,22H,1,5,8-12,14-16H2,(H,27,30). The van der Waals surface area contributed by atoms with Crippen molar-refractivity contribution >= 4 is 11.8 Å². The van der Waals surface area contributed by atoms with Crippen LogP contribution in [0.5, 0.6) is 5.75 Å². The second-order valence-electron chi connectivity index (χ2n) is 8.70. The number of nitrogens with zero attached hydrogens (tertiary/aromatic N) is 3. The van der Waals surface area contributed by atoms with Gasteiger partial charge in [0.2, 0.25) is 5.91 Å². The van der Waals surface area contributed by atoms with Crippen molar-refractivity contribution in [2.24, 2.45) is 0 Å². The van der Waals surface area contributed by atoms with Crippen LogP contribution < -0.4 is 10.1 Å². The molecule has 0 bridgehead atoms. The zero-order chi connectivity index (χ0) is 22.8. The van der Waals surface area contributed by atoms with Crippen molar-refractivity contribution < 1.29 is 19.1 Å². The Morgan fingerprint density at radius 1 is 1.18 bits per heavy atom. The van der Waals surface area contributed by atoms with Crippen LogP contribution in [-0.2, 0) is 29.2 Å². The summed E-state index contributed by atoms with van der Waals surface area (Å²) in [4.78, 5) is 34.0. The summed E-state index contributed by atoms with van der Waals surface area (Å²) in [7, 11) is 0. The number of hydrogen-bond acceptors (Lipinski definition) is 6. The average molecular weight is 449 g/mol. The molecule has 172 valence electrons. The van der Waals surface area contributed by atoms with E-state index in [1.54, 1.807) is 11.0 Å². The number of nitrogens with one attached hydrogen (secondary N) is 1. The first-order chi connectivity index (χ1) is 16.1. The van der Waals surface area contributed by atoms with Gasteiger partial charge in [-0.3, -0.25) is 19.5 Å². The van der Waals surface area contributed by atoms with Gasteiger partial charge >= 0.3 is 0 Å². The highest BCUT2D eigenvalue weighted by Crippen LogP contribution is 2.34. The number of benzene rings is 1. The van der Waals surface area contributed by atoms with E-state index in [0.717, 1.165) is 49.7 Å². The lowest BCUT2D eigenvalue weighted by Crippen LogP contribution is -2.49. The molecule has 5 rings (SSSR count). The summed E-state index contributed by atoms with van der Waals surface area (Å²) >= 11 is 0. The topological polar surface area (TPSA) is 84.0 Å². The van der Waals surface area contributed by atoms with Gasteiger partial charge in [0.05, 0.1) is 25.5 Å². The molecule has 2 saturated heterocycles. The molecule has 2 aromatic rings. The van der Waals surface area contributed by atoms with Gasteiger partial charge in [-0.15, -0.1) is 0 Å². The van der Waals surface area contributed by atoms with Crippen molar-refractivity contribution in [2.75, 3.05) is 26.3 Å². The average Bonchev–Trinajstić information content (AvgIpc) is 3.16. The van der Waals surface area contributed by atoms with Crippen LogP contribution in [0.1, 0.15) is 40.0 Å². The van der Waals surface area contributed by atoms with Crippen molar-refractivity contribution in [3.63, 3.8) is 0 Å². The second kappa shape index (κ2) is 9.33. The summed E-state index contributed by atoms with van der Waals surface area (Å²) in [5.74, 6) is 0.355. The van der Waals surface area contributed by atoms with Gasteiger partial charge in [0, 0.05) is 42.7 Å². The molecule has 3 aliphatic heterocycles. The zero-order valence-electron chi connectivity index (χ0n) is 18.6. The summed E-state index contributed by atoms with van der Waals surface area (Å²) in [6.07, 6.45) is 3.15. The van der Waals surface area contributed by atoms with Crippen molar-refractivity contribution in [3.05, 3.63) is 71.2 Å². The second-order valence-corrected chi connectivity index (χ2v) is 8.70. The maximum atomic E-state index is 13.0. The number of hydrogen-bond donors (Lipinski definition) is 1. The van der Waals surface area contributed by atoms with Crippen LogP contribution in [0.4, 0.5) is 0 Å². The van der Waals surface area contributed by atoms with Gasteiger partial charge in [-0.2, -0.15) is 0 Å². The fourth-order valence-electron chi connectivity index (χ4n) is 4.58. The van der Waals surface area contributed by atoms with E-state index >= 15 is 0 Å². The summed E-state index contributed by atoms with van der Waals surface area (Å²) in [6.45, 7) is 8.80. The highest BCUT2D eigenvalue weighted by molar-refractivity contribution is 6.02. The molecular formula is C25H28N4O4. The lowest BCUT2D eigenvalue weighted by molar-refractivity contribution is -0.126. The first-order valence-corrected chi connectivity index (χ1v) is 11.4. The number of ether oxygens (including phenoxy) is 2. The molecule has 2 fully saturated rings. The van der Waals surface area contributed by atoms with Crippen LogP contribution in [0.2, 0.25) is 0 Å². The Kier molecular flexibility index (Phi) is 6.11. The maximum absolute atomic E-state index is 13.0. The van der Waals surface area contributed by atoms with E-state index < -0.39 is 6.04 Å². The predicted octanol–water partition coefficient (Wildman–Crippen LogP) is 2.24. The molecule has 0 spiro atoms. The van der Waals surface area contributed by atoms with Crippen LogP contribution >= 0.6 is 0 Å². The molecule has 3 aliphatic rings. The van der Waals surface area contributed by atoms with Crippen LogP contribution in [0.25, 0.3) is 0 Å². The monoisotopic (exact) mass is 448 g/mol. The minimum absolute atomic E-state index is 0.131. The number of carbonyl (C=O) groups is 2. The van der Waals surface area contributed by atoms with Gasteiger partial charge in [-0.25, -0.2) is 0 Å². The van der Waals surface area contributed by atoms with Crippen molar-refractivity contribution in [1.29, 1.82) is 0 Å². The Bertz CT molecular complexity index is 1060. The number of pyridine rings is 1. The predicted molar refractivity (Wildman–Crippen MR) is 121 cm³/mol. The molecule has 4 heterocycles. The summed E-state index contributed by atoms with van der Waals surface area (Å²) in [5.41, 5.74) is 4.11. The molecule has 0 aliphatic carbocycles. The number of fused-ring (bicyclic) bond motifs is 1. The van der Waals surface area contributed by atoms with Crippen molar-refractivity contribution in [3.8, 4) is 5.75 Å². The molecule has 8 nitrogen and oxygen atoms in total. The Hall–Kier alpha value is -3.23. The molecule has 2 amide bonds. The van der Waals surface area contributed by atoms with E-state index in [1.165, 1.54) is 0 Å². The van der Waals surface area contributed by atoms with E-state index in [9.17, 15) is 9.59 Å². The number of rotatable bonds is 6. The lowest BCUT2D eigenvalue weighted by Gasteiger charge is -2.31. The van der Waals surface area contributed by atoms with Crippen molar-refractivity contribution in [1.82, 2.24) is 20.1 Å². The summed E-state index contributed by atoms with van der Waals surface area (Å²) in [5, 5.41) is 2.77. The number of piperidine rings is 1. The molecule has 8 heteroatoms. The fraction of sp³-hybridized carbons (Fsp3) is 0.400. The van der Waals surface area contributed by atoms with E-state index in [2.05, 4.69) is 27.8 Å². The fourth-order valence-corrected chi connectivity index (χ4v) is 4.58. The highest BCUT2D eigenvalue weighted by atomic mass is 16.5. The third-order valence-corrected chi connectivity index (χ3v) is 6.42. The quantitative estimate of drug-likeness (QED) is 0.730. The molecule has 1 aromatic carbocycles. The minimum Gasteiger partial charge on any atom is -0.487 e. The summed E-state index contributed by atoms with van der Waals surface area (Å²) in [6, 6.07) is 9.06. The first-order valence-electron chi connectivity index (χ1n) is 11.4. The molecule has 33 heavy (non-hydrogen) atoms. The highest BCUT2D eigenvalue weighted by Gasteiger charge is 2.39. The zero-order valence-corrected chi connectivity index (χ0v) is 18.6. The van der Waals surface area contributed by atoms with Gasteiger partial charge in [-0.1, -0.05) is 18.7 Å². The van der Waals surface area contributed by atoms with Gasteiger partial charge in [0.15, 0.2) is 0 Å². The van der Waals surface area contributed by atoms with E-state index in [1.807, 2.05) is 24.4 Å². The number of allylic oxidation sites excluding steroid dienone is 1. The van der Waals surface area contributed by atoms with Crippen LogP contribution in [0.15, 0.2) is 48.8 Å². The lowest BCUT2D eigenvalue weighted by atomic mass is 10.0. The van der Waals surface area contributed by atoms with Gasteiger partial charge < -0.3 is 19.7 Å². The number of aromatic nitrogens is 1. The van der Waals surface area contributed by atoms with Crippen LogP contribution in [-0.4, -0.2) is 58.9 Å². The first kappa shape index (κ1) is 21.6. The largest absolute Gasteiger partial charge is 0.487 e. The minimum atomic E-state index is -0.482. The Balaban J connectivity index is 1.23. The van der Waals surface area contributed by atoms with Crippen molar-refractivity contribution in [2.45, 2.75) is 38.6 Å².